The average Bonchev–Trinajstić information content (AvgIpc) is 2.74. The molecule has 0 spiro atoms. The van der Waals surface area contributed by atoms with Gasteiger partial charge < -0.3 is 9.84 Å². The van der Waals surface area contributed by atoms with E-state index < -0.39 is 12.0 Å². The lowest BCUT2D eigenvalue weighted by Gasteiger charge is -2.44. The van der Waals surface area contributed by atoms with Gasteiger partial charge in [0.2, 0.25) is 0 Å². The van der Waals surface area contributed by atoms with Crippen molar-refractivity contribution in [3.8, 4) is 0 Å². The van der Waals surface area contributed by atoms with Crippen molar-refractivity contribution in [1.29, 1.82) is 0 Å². The lowest BCUT2D eigenvalue weighted by Crippen LogP contribution is -2.64. The molecular formula is C9H12N4O4. The Morgan fingerprint density at radius 3 is 2.76 bits per heavy atom. The molecule has 2 heterocycles. The average molecular weight is 240 g/mol. The largest absolute Gasteiger partial charge is 0.476 e. The van der Waals surface area contributed by atoms with Crippen LogP contribution >= 0.6 is 0 Å². The highest BCUT2D eigenvalue weighted by atomic mass is 16.5. The molecule has 0 saturated carbocycles. The van der Waals surface area contributed by atoms with Crippen LogP contribution in [0.4, 0.5) is 0 Å². The molecule has 17 heavy (non-hydrogen) atoms. The van der Waals surface area contributed by atoms with Crippen LogP contribution in [0.5, 0.6) is 0 Å². The first kappa shape index (κ1) is 11.4. The minimum absolute atomic E-state index is 0.139. The van der Waals surface area contributed by atoms with E-state index in [1.807, 2.05) is 6.92 Å². The van der Waals surface area contributed by atoms with Crippen LogP contribution in [0.3, 0.4) is 0 Å². The summed E-state index contributed by atoms with van der Waals surface area (Å²) in [6.45, 7) is 2.51. The summed E-state index contributed by atoms with van der Waals surface area (Å²) in [5, 5.41) is 17.5. The van der Waals surface area contributed by atoms with Crippen molar-refractivity contribution in [3.05, 3.63) is 11.9 Å². The van der Waals surface area contributed by atoms with Gasteiger partial charge >= 0.3 is 11.9 Å². The number of carboxylic acid groups (broad SMARTS) is 1. The topological polar surface area (TPSA) is 97.5 Å². The predicted octanol–water partition coefficient (Wildman–Crippen LogP) is -0.894. The fourth-order valence-electron chi connectivity index (χ4n) is 1.83. The number of ether oxygens (including phenoxy) is 1. The number of aromatic nitrogens is 3. The number of nitrogens with zero attached hydrogens (tertiary/aromatic N) is 4. The zero-order valence-corrected chi connectivity index (χ0v) is 9.40. The first-order valence-electron chi connectivity index (χ1n) is 5.05. The highest BCUT2D eigenvalue weighted by Crippen LogP contribution is 2.23. The number of carbonyl (C=O) groups is 2. The van der Waals surface area contributed by atoms with Crippen LogP contribution in [0, 0.1) is 5.92 Å². The fraction of sp³-hybridized carbons (Fsp3) is 0.556. The minimum atomic E-state index is -1.15. The molecule has 0 amide bonds. The number of carboxylic acids is 1. The lowest BCUT2D eigenvalue weighted by atomic mass is 9.93. The first-order chi connectivity index (χ1) is 8.04. The van der Waals surface area contributed by atoms with Crippen molar-refractivity contribution in [2.45, 2.75) is 13.0 Å². The third kappa shape index (κ3) is 1.81. The van der Waals surface area contributed by atoms with Gasteiger partial charge in [0, 0.05) is 12.5 Å². The molecule has 1 fully saturated rings. The molecule has 1 saturated heterocycles. The molecule has 0 aromatic carbocycles. The molecule has 2 unspecified atom stereocenters. The summed E-state index contributed by atoms with van der Waals surface area (Å²) in [6, 6.07) is -0.441. The number of aromatic carboxylic acids is 1. The van der Waals surface area contributed by atoms with Gasteiger partial charge in [0.25, 0.3) is 0 Å². The van der Waals surface area contributed by atoms with Crippen LogP contribution < -0.4 is 5.01 Å². The van der Waals surface area contributed by atoms with Crippen LogP contribution in [-0.4, -0.2) is 51.8 Å². The SMILES string of the molecule is COC(=O)C1C(C)CN1n1cc(C(=O)O)nn1. The molecule has 0 aliphatic carbocycles. The van der Waals surface area contributed by atoms with Crippen LogP contribution in [0.25, 0.3) is 0 Å². The Morgan fingerprint density at radius 2 is 2.29 bits per heavy atom. The maximum Gasteiger partial charge on any atom is 0.358 e. The van der Waals surface area contributed by atoms with Crippen molar-refractivity contribution in [1.82, 2.24) is 15.1 Å². The Labute approximate surface area is 96.7 Å². The second-order valence-corrected chi connectivity index (χ2v) is 3.90. The van der Waals surface area contributed by atoms with Crippen LogP contribution in [0.2, 0.25) is 0 Å². The Hall–Kier alpha value is -2.12. The van der Waals surface area contributed by atoms with Crippen molar-refractivity contribution in [2.75, 3.05) is 18.7 Å². The van der Waals surface area contributed by atoms with Crippen molar-refractivity contribution in [2.24, 2.45) is 5.92 Å². The van der Waals surface area contributed by atoms with E-state index in [-0.39, 0.29) is 17.6 Å². The summed E-state index contributed by atoms with van der Waals surface area (Å²) < 4.78 is 4.67. The molecule has 2 atom stereocenters. The molecule has 0 radical (unpaired) electrons. The Balaban J connectivity index is 2.17. The van der Waals surface area contributed by atoms with Crippen LogP contribution in [-0.2, 0) is 9.53 Å². The summed E-state index contributed by atoms with van der Waals surface area (Å²) in [5.74, 6) is -1.38. The van der Waals surface area contributed by atoms with Crippen LogP contribution in [0.15, 0.2) is 6.20 Å². The second-order valence-electron chi connectivity index (χ2n) is 3.90. The quantitative estimate of drug-likeness (QED) is 0.684. The lowest BCUT2D eigenvalue weighted by molar-refractivity contribution is -0.146. The number of methoxy groups -OCH3 is 1. The van der Waals surface area contributed by atoms with Gasteiger partial charge in [-0.2, -0.15) is 4.79 Å². The molecule has 1 aliphatic rings. The van der Waals surface area contributed by atoms with Gasteiger partial charge in [0.1, 0.15) is 6.04 Å². The van der Waals surface area contributed by atoms with Gasteiger partial charge in [-0.05, 0) is 5.21 Å². The number of hydrogen-bond acceptors (Lipinski definition) is 6. The van der Waals surface area contributed by atoms with Gasteiger partial charge in [-0.1, -0.05) is 6.92 Å². The van der Waals surface area contributed by atoms with Gasteiger partial charge in [-0.3, -0.25) is 5.01 Å². The summed E-state index contributed by atoms with van der Waals surface area (Å²) in [5.41, 5.74) is -0.159. The molecule has 1 aromatic rings. The maximum atomic E-state index is 11.5. The van der Waals surface area contributed by atoms with Gasteiger partial charge in [-0.15, -0.1) is 5.10 Å². The highest BCUT2D eigenvalue weighted by molar-refractivity contribution is 5.84. The van der Waals surface area contributed by atoms with E-state index in [0.717, 1.165) is 0 Å². The smallest absolute Gasteiger partial charge is 0.358 e. The third-order valence-corrected chi connectivity index (χ3v) is 2.74. The molecule has 8 heteroatoms. The molecule has 0 bridgehead atoms. The normalized spacial score (nSPS) is 23.1. The third-order valence-electron chi connectivity index (χ3n) is 2.74. The van der Waals surface area contributed by atoms with E-state index in [4.69, 9.17) is 5.11 Å². The standard InChI is InChI=1S/C9H12N4O4/c1-5-3-12(7(5)9(16)17-2)13-4-6(8(14)15)10-11-13/h4-5,7H,3H2,1-2H3,(H,14,15). The molecule has 8 nitrogen and oxygen atoms in total. The monoisotopic (exact) mass is 240 g/mol. The Bertz CT molecular complexity index is 458. The van der Waals surface area contributed by atoms with Crippen LogP contribution in [0.1, 0.15) is 17.4 Å². The molecule has 2 rings (SSSR count). The number of esters is 1. The van der Waals surface area contributed by atoms with E-state index in [9.17, 15) is 9.59 Å². The van der Waals surface area contributed by atoms with Crippen molar-refractivity contribution < 1.29 is 19.4 Å². The molecular weight excluding hydrogens is 228 g/mol. The maximum absolute atomic E-state index is 11.5. The van der Waals surface area contributed by atoms with E-state index in [1.165, 1.54) is 18.1 Å². The van der Waals surface area contributed by atoms with Gasteiger partial charge in [0.05, 0.1) is 13.3 Å². The van der Waals surface area contributed by atoms with Crippen molar-refractivity contribution in [3.63, 3.8) is 0 Å². The molecule has 92 valence electrons. The van der Waals surface area contributed by atoms with E-state index in [1.54, 1.807) is 5.01 Å². The fourth-order valence-corrected chi connectivity index (χ4v) is 1.83. The van der Waals surface area contributed by atoms with E-state index in [2.05, 4.69) is 15.0 Å². The van der Waals surface area contributed by atoms with E-state index >= 15 is 0 Å². The highest BCUT2D eigenvalue weighted by Gasteiger charge is 2.43. The zero-order chi connectivity index (χ0) is 12.6. The predicted molar refractivity (Wildman–Crippen MR) is 55.0 cm³/mol. The first-order valence-corrected chi connectivity index (χ1v) is 5.05. The Kier molecular flexibility index (Phi) is 2.70. The number of carbonyl (C=O) groups excluding carboxylic acids is 1. The summed E-state index contributed by atoms with van der Waals surface area (Å²) in [4.78, 5) is 23.4. The summed E-state index contributed by atoms with van der Waals surface area (Å²) >= 11 is 0. The van der Waals surface area contributed by atoms with Gasteiger partial charge in [0.15, 0.2) is 5.69 Å². The zero-order valence-electron chi connectivity index (χ0n) is 9.40. The summed E-state index contributed by atoms with van der Waals surface area (Å²) in [6.07, 6.45) is 1.27. The second kappa shape index (κ2) is 4.04. The molecule has 1 aliphatic heterocycles. The van der Waals surface area contributed by atoms with E-state index in [0.29, 0.717) is 6.54 Å². The molecule has 1 aromatic heterocycles. The number of hydrogen-bond donors (Lipinski definition) is 1. The number of rotatable bonds is 3. The minimum Gasteiger partial charge on any atom is -0.476 e. The Morgan fingerprint density at radius 1 is 1.59 bits per heavy atom. The van der Waals surface area contributed by atoms with Crippen molar-refractivity contribution >= 4 is 11.9 Å². The molecule has 1 N–H and O–H groups in total. The summed E-state index contributed by atoms with van der Waals surface area (Å²) in [7, 11) is 1.32. The van der Waals surface area contributed by atoms with Gasteiger partial charge in [-0.25, -0.2) is 9.59 Å².